The van der Waals surface area contributed by atoms with Gasteiger partial charge in [-0.15, -0.1) is 10.2 Å². The number of hydrogen-bond donors (Lipinski definition) is 1. The maximum atomic E-state index is 13.2. The molecule has 1 amide bonds. The van der Waals surface area contributed by atoms with Crippen LogP contribution in [-0.2, 0) is 0 Å². The van der Waals surface area contributed by atoms with Crippen molar-refractivity contribution in [3.05, 3.63) is 59.7 Å². The van der Waals surface area contributed by atoms with E-state index >= 15 is 0 Å². The van der Waals surface area contributed by atoms with Gasteiger partial charge in [0.15, 0.2) is 0 Å². The van der Waals surface area contributed by atoms with Crippen molar-refractivity contribution in [1.82, 2.24) is 25.5 Å². The van der Waals surface area contributed by atoms with Gasteiger partial charge in [0, 0.05) is 24.6 Å². The van der Waals surface area contributed by atoms with E-state index in [0.717, 1.165) is 25.1 Å². The summed E-state index contributed by atoms with van der Waals surface area (Å²) in [6.45, 7) is 4.10. The maximum absolute atomic E-state index is 13.2. The van der Waals surface area contributed by atoms with Crippen LogP contribution in [0.1, 0.15) is 28.8 Å². The first-order chi connectivity index (χ1) is 13.7. The molecule has 4 rings (SSSR count). The minimum atomic E-state index is 0.000404. The van der Waals surface area contributed by atoms with Gasteiger partial charge in [0.1, 0.15) is 5.75 Å². The monoisotopic (exact) mass is 377 g/mol. The molecule has 1 atom stereocenters. The minimum Gasteiger partial charge on any atom is -0.493 e. The topological polar surface area (TPSA) is 84.0 Å². The number of aromatic nitrogens is 4. The summed E-state index contributed by atoms with van der Waals surface area (Å²) in [6.07, 6.45) is 2.03. The normalized spacial score (nSPS) is 16.8. The second-order valence-electron chi connectivity index (χ2n) is 7.16. The third-order valence-electron chi connectivity index (χ3n) is 5.06. The molecule has 0 unspecified atom stereocenters. The summed E-state index contributed by atoms with van der Waals surface area (Å²) in [5.41, 5.74) is 2.50. The molecule has 1 fully saturated rings. The first-order valence-corrected chi connectivity index (χ1v) is 9.52. The Balaban J connectivity index is 1.43. The van der Waals surface area contributed by atoms with Crippen LogP contribution in [0.2, 0.25) is 0 Å². The lowest BCUT2D eigenvalue weighted by Crippen LogP contribution is -2.41. The summed E-state index contributed by atoms with van der Waals surface area (Å²) in [4.78, 5) is 15.1. The van der Waals surface area contributed by atoms with E-state index in [0.29, 0.717) is 36.0 Å². The van der Waals surface area contributed by atoms with E-state index in [1.54, 1.807) is 0 Å². The number of ether oxygens (including phenoxy) is 1. The molecule has 0 aliphatic carbocycles. The number of H-pyrrole nitrogens is 1. The third-order valence-corrected chi connectivity index (χ3v) is 5.06. The standard InChI is InChI=1S/C21H23N5O2/c1-15-8-10-17(11-9-15)28-14-16-5-4-12-26(13-16)21(27)19-7-3-2-6-18(19)20-22-24-25-23-20/h2-3,6-11,16H,4-5,12-14H2,1H3,(H,22,23,24,25)/t16-/m0/s1. The maximum Gasteiger partial charge on any atom is 0.254 e. The zero-order valence-corrected chi connectivity index (χ0v) is 15.8. The summed E-state index contributed by atoms with van der Waals surface area (Å²) >= 11 is 0. The Morgan fingerprint density at radius 1 is 1.21 bits per heavy atom. The lowest BCUT2D eigenvalue weighted by molar-refractivity contribution is 0.0634. The highest BCUT2D eigenvalue weighted by atomic mass is 16.5. The minimum absolute atomic E-state index is 0.000404. The predicted octanol–water partition coefficient (Wildman–Crippen LogP) is 3.11. The number of nitrogens with zero attached hydrogens (tertiary/aromatic N) is 4. The van der Waals surface area contributed by atoms with Crippen LogP contribution in [0.3, 0.4) is 0 Å². The van der Waals surface area contributed by atoms with Gasteiger partial charge in [-0.3, -0.25) is 4.79 Å². The molecular formula is C21H23N5O2. The molecule has 2 heterocycles. The molecule has 2 aromatic carbocycles. The number of hydrogen-bond acceptors (Lipinski definition) is 5. The van der Waals surface area contributed by atoms with Crippen molar-refractivity contribution < 1.29 is 9.53 Å². The van der Waals surface area contributed by atoms with Crippen LogP contribution >= 0.6 is 0 Å². The molecule has 1 aliphatic heterocycles. The van der Waals surface area contributed by atoms with Gasteiger partial charge in [-0.05, 0) is 43.2 Å². The highest BCUT2D eigenvalue weighted by molar-refractivity contribution is 6.00. The van der Waals surface area contributed by atoms with Crippen molar-refractivity contribution in [3.63, 3.8) is 0 Å². The molecule has 7 nitrogen and oxygen atoms in total. The largest absolute Gasteiger partial charge is 0.493 e. The van der Waals surface area contributed by atoms with Gasteiger partial charge in [-0.1, -0.05) is 35.9 Å². The number of rotatable bonds is 5. The molecule has 144 valence electrons. The van der Waals surface area contributed by atoms with Crippen LogP contribution in [0.5, 0.6) is 5.75 Å². The molecule has 1 aromatic heterocycles. The van der Waals surface area contributed by atoms with Gasteiger partial charge in [0.2, 0.25) is 5.82 Å². The highest BCUT2D eigenvalue weighted by Crippen LogP contribution is 2.24. The van der Waals surface area contributed by atoms with Gasteiger partial charge in [0.05, 0.1) is 12.2 Å². The number of piperidine rings is 1. The summed E-state index contributed by atoms with van der Waals surface area (Å²) in [7, 11) is 0. The number of aromatic amines is 1. The number of amides is 1. The van der Waals surface area contributed by atoms with Gasteiger partial charge in [-0.25, -0.2) is 0 Å². The van der Waals surface area contributed by atoms with E-state index in [-0.39, 0.29) is 5.91 Å². The van der Waals surface area contributed by atoms with Crippen LogP contribution in [0, 0.1) is 12.8 Å². The van der Waals surface area contributed by atoms with Crippen molar-refractivity contribution in [3.8, 4) is 17.1 Å². The third kappa shape index (κ3) is 4.03. The number of nitrogens with one attached hydrogen (secondary N) is 1. The van der Waals surface area contributed by atoms with Gasteiger partial charge in [-0.2, -0.15) is 5.21 Å². The number of benzene rings is 2. The average molecular weight is 377 g/mol. The van der Waals surface area contributed by atoms with E-state index in [1.165, 1.54) is 5.56 Å². The first kappa shape index (κ1) is 18.2. The fourth-order valence-electron chi connectivity index (χ4n) is 3.54. The zero-order valence-electron chi connectivity index (χ0n) is 15.8. The molecule has 0 bridgehead atoms. The molecule has 1 saturated heterocycles. The van der Waals surface area contributed by atoms with E-state index in [2.05, 4.69) is 27.5 Å². The number of carbonyl (C=O) groups is 1. The second kappa shape index (κ2) is 8.21. The Morgan fingerprint density at radius 3 is 2.82 bits per heavy atom. The van der Waals surface area contributed by atoms with Crippen LogP contribution in [0.15, 0.2) is 48.5 Å². The SMILES string of the molecule is Cc1ccc(OC[C@H]2CCCN(C(=O)c3ccccc3-c3nn[nH]n3)C2)cc1. The van der Waals surface area contributed by atoms with Crippen LogP contribution < -0.4 is 4.74 Å². The molecule has 7 heteroatoms. The lowest BCUT2D eigenvalue weighted by Gasteiger charge is -2.33. The molecular weight excluding hydrogens is 354 g/mol. The quantitative estimate of drug-likeness (QED) is 0.739. The van der Waals surface area contributed by atoms with Crippen LogP contribution in [0.4, 0.5) is 0 Å². The molecule has 1 aliphatic rings. The Labute approximate surface area is 163 Å². The molecule has 3 aromatic rings. The number of tetrazole rings is 1. The predicted molar refractivity (Wildman–Crippen MR) is 105 cm³/mol. The smallest absolute Gasteiger partial charge is 0.254 e. The average Bonchev–Trinajstić information content (AvgIpc) is 3.28. The van der Waals surface area contributed by atoms with E-state index in [4.69, 9.17) is 4.74 Å². The Morgan fingerprint density at radius 2 is 2.04 bits per heavy atom. The fourth-order valence-corrected chi connectivity index (χ4v) is 3.54. The number of aryl methyl sites for hydroxylation is 1. The summed E-state index contributed by atoms with van der Waals surface area (Å²) in [5, 5.41) is 14.1. The molecule has 28 heavy (non-hydrogen) atoms. The van der Waals surface area contributed by atoms with Crippen molar-refractivity contribution in [1.29, 1.82) is 0 Å². The fraction of sp³-hybridized carbons (Fsp3) is 0.333. The highest BCUT2D eigenvalue weighted by Gasteiger charge is 2.27. The summed E-state index contributed by atoms with van der Waals surface area (Å²) in [6, 6.07) is 15.5. The Bertz CT molecular complexity index is 924. The Kier molecular flexibility index (Phi) is 5.32. The molecule has 0 spiro atoms. The number of carbonyl (C=O) groups excluding carboxylic acids is 1. The van der Waals surface area contributed by atoms with Crippen molar-refractivity contribution >= 4 is 5.91 Å². The van der Waals surface area contributed by atoms with Gasteiger partial charge in [0.25, 0.3) is 5.91 Å². The van der Waals surface area contributed by atoms with Crippen molar-refractivity contribution in [2.24, 2.45) is 5.92 Å². The van der Waals surface area contributed by atoms with Crippen LogP contribution in [-0.4, -0.2) is 51.1 Å². The molecule has 1 N–H and O–H groups in total. The Hall–Kier alpha value is -3.22. The van der Waals surface area contributed by atoms with Gasteiger partial charge < -0.3 is 9.64 Å². The van der Waals surface area contributed by atoms with E-state index < -0.39 is 0 Å². The van der Waals surface area contributed by atoms with E-state index in [9.17, 15) is 4.79 Å². The van der Waals surface area contributed by atoms with Crippen LogP contribution in [0.25, 0.3) is 11.4 Å². The van der Waals surface area contributed by atoms with Crippen molar-refractivity contribution in [2.75, 3.05) is 19.7 Å². The zero-order chi connectivity index (χ0) is 19.3. The second-order valence-corrected chi connectivity index (χ2v) is 7.16. The lowest BCUT2D eigenvalue weighted by atomic mass is 9.97. The molecule has 0 saturated carbocycles. The van der Waals surface area contributed by atoms with E-state index in [1.807, 2.05) is 53.4 Å². The number of likely N-dealkylation sites (tertiary alicyclic amines) is 1. The van der Waals surface area contributed by atoms with Crippen molar-refractivity contribution in [2.45, 2.75) is 19.8 Å². The summed E-state index contributed by atoms with van der Waals surface area (Å²) in [5.74, 6) is 1.62. The van der Waals surface area contributed by atoms with Gasteiger partial charge >= 0.3 is 0 Å². The first-order valence-electron chi connectivity index (χ1n) is 9.52. The summed E-state index contributed by atoms with van der Waals surface area (Å²) < 4.78 is 5.95. The molecule has 0 radical (unpaired) electrons.